The lowest BCUT2D eigenvalue weighted by Gasteiger charge is -2.31. The molecule has 0 saturated carbocycles. The van der Waals surface area contributed by atoms with Gasteiger partial charge in [-0.15, -0.1) is 0 Å². The van der Waals surface area contributed by atoms with Crippen molar-refractivity contribution in [3.8, 4) is 5.75 Å². The topological polar surface area (TPSA) is 96.0 Å². The number of para-hydroxylation sites is 2. The largest absolute Gasteiger partial charge is 0.495 e. The van der Waals surface area contributed by atoms with Crippen LogP contribution in [0.15, 0.2) is 48.5 Å². The van der Waals surface area contributed by atoms with Crippen molar-refractivity contribution in [3.63, 3.8) is 0 Å². The van der Waals surface area contributed by atoms with Crippen molar-refractivity contribution < 1.29 is 22.7 Å². The van der Waals surface area contributed by atoms with E-state index in [1.807, 2.05) is 39.0 Å². The van der Waals surface area contributed by atoms with E-state index in [0.29, 0.717) is 29.4 Å². The van der Waals surface area contributed by atoms with E-state index in [0.717, 1.165) is 11.8 Å². The summed E-state index contributed by atoms with van der Waals surface area (Å²) in [7, 11) is -2.15. The van der Waals surface area contributed by atoms with Gasteiger partial charge in [-0.05, 0) is 42.5 Å². The number of anilines is 1. The highest BCUT2D eigenvalue weighted by Gasteiger charge is 2.29. The molecule has 0 fully saturated rings. The van der Waals surface area contributed by atoms with Gasteiger partial charge in [0.15, 0.2) is 0 Å². The third-order valence-electron chi connectivity index (χ3n) is 5.88. The zero-order chi connectivity index (χ0) is 27.6. The van der Waals surface area contributed by atoms with Gasteiger partial charge in [-0.1, -0.05) is 62.7 Å². The highest BCUT2D eigenvalue weighted by atomic mass is 35.5. The Balaban J connectivity index is 2.25. The minimum atomic E-state index is -3.63. The molecule has 2 amide bonds. The van der Waals surface area contributed by atoms with Crippen LogP contribution in [0.2, 0.25) is 5.02 Å². The summed E-state index contributed by atoms with van der Waals surface area (Å²) in [6.45, 7) is 6.63. The van der Waals surface area contributed by atoms with Crippen molar-refractivity contribution in [3.05, 3.63) is 59.1 Å². The number of hydrogen-bond donors (Lipinski definition) is 1. The van der Waals surface area contributed by atoms with E-state index in [9.17, 15) is 18.0 Å². The highest BCUT2D eigenvalue weighted by molar-refractivity contribution is 7.92. The molecule has 0 unspecified atom stereocenters. The van der Waals surface area contributed by atoms with Crippen molar-refractivity contribution in [1.29, 1.82) is 0 Å². The van der Waals surface area contributed by atoms with Crippen LogP contribution in [0.1, 0.15) is 45.6 Å². The van der Waals surface area contributed by atoms with Crippen LogP contribution in [0.3, 0.4) is 0 Å². The summed E-state index contributed by atoms with van der Waals surface area (Å²) in [6, 6.07) is 13.4. The first-order valence-electron chi connectivity index (χ1n) is 12.4. The maximum atomic E-state index is 13.5. The van der Waals surface area contributed by atoms with E-state index < -0.39 is 16.1 Å². The molecule has 2 aromatic carbocycles. The number of benzene rings is 2. The number of nitrogens with zero attached hydrogens (tertiary/aromatic N) is 2. The maximum Gasteiger partial charge on any atom is 0.242 e. The minimum absolute atomic E-state index is 0.0551. The van der Waals surface area contributed by atoms with Gasteiger partial charge in [0, 0.05) is 31.1 Å². The normalized spacial score (nSPS) is 12.2. The molecule has 37 heavy (non-hydrogen) atoms. The average Bonchev–Trinajstić information content (AvgIpc) is 2.85. The molecule has 8 nitrogen and oxygen atoms in total. The van der Waals surface area contributed by atoms with Gasteiger partial charge in [0.1, 0.15) is 11.8 Å². The Morgan fingerprint density at radius 3 is 2.32 bits per heavy atom. The molecule has 0 spiro atoms. The van der Waals surface area contributed by atoms with Crippen LogP contribution >= 0.6 is 11.6 Å². The summed E-state index contributed by atoms with van der Waals surface area (Å²) in [4.78, 5) is 28.1. The van der Waals surface area contributed by atoms with Gasteiger partial charge in [0.2, 0.25) is 21.8 Å². The fourth-order valence-electron chi connectivity index (χ4n) is 3.97. The summed E-state index contributed by atoms with van der Waals surface area (Å²) in [6.07, 6.45) is 1.86. The van der Waals surface area contributed by atoms with Crippen molar-refractivity contribution in [2.75, 3.05) is 30.8 Å². The number of halogens is 1. The predicted molar refractivity (Wildman–Crippen MR) is 148 cm³/mol. The van der Waals surface area contributed by atoms with Gasteiger partial charge in [0.05, 0.1) is 19.1 Å². The van der Waals surface area contributed by atoms with Gasteiger partial charge in [-0.2, -0.15) is 0 Å². The van der Waals surface area contributed by atoms with Crippen LogP contribution in [0.5, 0.6) is 5.75 Å². The molecule has 0 aromatic heterocycles. The molecule has 0 radical (unpaired) electrons. The van der Waals surface area contributed by atoms with Crippen molar-refractivity contribution >= 4 is 39.1 Å². The number of ether oxygens (including phenoxy) is 1. The first-order chi connectivity index (χ1) is 17.5. The lowest BCUT2D eigenvalue weighted by atomic mass is 10.1. The van der Waals surface area contributed by atoms with Crippen LogP contribution in [-0.2, 0) is 26.2 Å². The number of hydrogen-bond acceptors (Lipinski definition) is 5. The molecule has 10 heteroatoms. The molecular weight excluding hydrogens is 514 g/mol. The number of methoxy groups -OCH3 is 1. The number of carbonyl (C=O) groups is 2. The summed E-state index contributed by atoms with van der Waals surface area (Å²) in [5.74, 6) is 0.224. The SMILES string of the molecule is CC[C@H](C(=O)NCC(C)C)N(Cc1ccccc1Cl)C(=O)CCCN(c1ccccc1OC)S(C)(=O)=O. The van der Waals surface area contributed by atoms with Gasteiger partial charge in [-0.25, -0.2) is 8.42 Å². The van der Waals surface area contributed by atoms with E-state index in [-0.39, 0.29) is 43.7 Å². The number of rotatable bonds is 14. The summed E-state index contributed by atoms with van der Waals surface area (Å²) >= 11 is 6.37. The Hall–Kier alpha value is -2.78. The molecule has 0 heterocycles. The van der Waals surface area contributed by atoms with Crippen molar-refractivity contribution in [2.45, 2.75) is 52.6 Å². The van der Waals surface area contributed by atoms with Crippen molar-refractivity contribution in [1.82, 2.24) is 10.2 Å². The van der Waals surface area contributed by atoms with E-state index in [1.54, 1.807) is 35.2 Å². The molecule has 0 aliphatic heterocycles. The second kappa shape index (κ2) is 14.2. The first-order valence-corrected chi connectivity index (χ1v) is 14.6. The number of sulfonamides is 1. The molecule has 2 aromatic rings. The number of carbonyl (C=O) groups excluding carboxylic acids is 2. The Morgan fingerprint density at radius 2 is 1.73 bits per heavy atom. The summed E-state index contributed by atoms with van der Waals surface area (Å²) in [5, 5.41) is 3.44. The quantitative estimate of drug-likeness (QED) is 0.373. The second-order valence-electron chi connectivity index (χ2n) is 9.29. The third kappa shape index (κ3) is 8.93. The Morgan fingerprint density at radius 1 is 1.08 bits per heavy atom. The van der Waals surface area contributed by atoms with Gasteiger partial charge in [0.25, 0.3) is 0 Å². The molecule has 0 saturated heterocycles. The smallest absolute Gasteiger partial charge is 0.242 e. The predicted octanol–water partition coefficient (Wildman–Crippen LogP) is 4.47. The molecule has 0 aliphatic carbocycles. The fourth-order valence-corrected chi connectivity index (χ4v) is 5.13. The monoisotopic (exact) mass is 551 g/mol. The fraction of sp³-hybridized carbons (Fsp3) is 0.481. The van der Waals surface area contributed by atoms with Gasteiger partial charge in [-0.3, -0.25) is 13.9 Å². The summed E-state index contributed by atoms with van der Waals surface area (Å²) in [5.41, 5.74) is 1.15. The average molecular weight is 552 g/mol. The molecule has 2 rings (SSSR count). The third-order valence-corrected chi connectivity index (χ3v) is 7.42. The zero-order valence-corrected chi connectivity index (χ0v) is 23.8. The van der Waals surface area contributed by atoms with Gasteiger partial charge >= 0.3 is 0 Å². The van der Waals surface area contributed by atoms with Crippen LogP contribution in [0, 0.1) is 5.92 Å². The number of amides is 2. The molecule has 1 N–H and O–H groups in total. The highest BCUT2D eigenvalue weighted by Crippen LogP contribution is 2.30. The van der Waals surface area contributed by atoms with E-state index >= 15 is 0 Å². The van der Waals surface area contributed by atoms with Crippen LogP contribution in [0.25, 0.3) is 0 Å². The first kappa shape index (κ1) is 30.4. The molecule has 1 atom stereocenters. The number of nitrogens with one attached hydrogen (secondary N) is 1. The lowest BCUT2D eigenvalue weighted by Crippen LogP contribution is -2.49. The van der Waals surface area contributed by atoms with E-state index in [2.05, 4.69) is 5.32 Å². The van der Waals surface area contributed by atoms with Gasteiger partial charge < -0.3 is 15.0 Å². The summed E-state index contributed by atoms with van der Waals surface area (Å²) < 4.78 is 31.7. The Labute approximate surface area is 226 Å². The van der Waals surface area contributed by atoms with Crippen LogP contribution < -0.4 is 14.4 Å². The Bertz CT molecular complexity index is 1160. The minimum Gasteiger partial charge on any atom is -0.495 e. The molecule has 204 valence electrons. The standard InChI is InChI=1S/C27H38ClN3O5S/c1-6-23(27(33)29-18-20(2)3)30(19-21-12-7-8-13-22(21)28)26(32)16-11-17-31(37(5,34)35)24-14-9-10-15-25(24)36-4/h7-10,12-15,20,23H,6,11,16-19H2,1-5H3,(H,29,33)/t23-/m1/s1. The van der Waals surface area contributed by atoms with Crippen molar-refractivity contribution in [2.24, 2.45) is 5.92 Å². The lowest BCUT2D eigenvalue weighted by molar-refractivity contribution is -0.141. The maximum absolute atomic E-state index is 13.5. The van der Waals surface area contributed by atoms with Crippen LogP contribution in [-0.4, -0.2) is 57.6 Å². The van der Waals surface area contributed by atoms with Crippen LogP contribution in [0.4, 0.5) is 5.69 Å². The molecule has 0 bridgehead atoms. The second-order valence-corrected chi connectivity index (χ2v) is 11.6. The molecular formula is C27H38ClN3O5S. The van der Waals surface area contributed by atoms with E-state index in [1.165, 1.54) is 11.4 Å². The zero-order valence-electron chi connectivity index (χ0n) is 22.2. The Kier molecular flexibility index (Phi) is 11.7. The van der Waals surface area contributed by atoms with E-state index in [4.69, 9.17) is 16.3 Å². The molecule has 0 aliphatic rings.